The first-order valence-corrected chi connectivity index (χ1v) is 11.5. The number of nitrogens with one attached hydrogen (secondary N) is 2. The van der Waals surface area contributed by atoms with Crippen molar-refractivity contribution >= 4 is 29.9 Å². The molecule has 1 aromatic heterocycles. The van der Waals surface area contributed by atoms with Gasteiger partial charge in [-0.3, -0.25) is 4.99 Å². The van der Waals surface area contributed by atoms with Gasteiger partial charge in [-0.05, 0) is 42.9 Å². The summed E-state index contributed by atoms with van der Waals surface area (Å²) < 4.78 is 8.57. The van der Waals surface area contributed by atoms with Gasteiger partial charge in [0.05, 0.1) is 12.4 Å². The van der Waals surface area contributed by atoms with E-state index in [4.69, 9.17) is 4.74 Å². The maximum absolute atomic E-state index is 6.50. The fraction of sp³-hybridized carbons (Fsp3) is 0.385. The van der Waals surface area contributed by atoms with Crippen LogP contribution in [0.3, 0.4) is 0 Å². The minimum Gasteiger partial charge on any atom is -0.487 e. The first-order chi connectivity index (χ1) is 15.7. The summed E-state index contributed by atoms with van der Waals surface area (Å²) in [5, 5.41) is 7.16. The fourth-order valence-corrected chi connectivity index (χ4v) is 4.97. The minimum atomic E-state index is -0.0318. The topological polar surface area (TPSA) is 63.5 Å². The summed E-state index contributed by atoms with van der Waals surface area (Å²) in [6, 6.07) is 17.3. The molecule has 1 aliphatic carbocycles. The molecule has 1 aliphatic heterocycles. The molecule has 0 bridgehead atoms. The van der Waals surface area contributed by atoms with Gasteiger partial charge in [-0.1, -0.05) is 42.5 Å². The zero-order chi connectivity index (χ0) is 21.8. The maximum Gasteiger partial charge on any atom is 0.191 e. The lowest BCUT2D eigenvalue weighted by molar-refractivity contribution is 0.0396. The smallest absolute Gasteiger partial charge is 0.191 e. The maximum atomic E-state index is 6.50. The predicted molar refractivity (Wildman–Crippen MR) is 142 cm³/mol. The van der Waals surface area contributed by atoms with Crippen LogP contribution < -0.4 is 15.4 Å². The van der Waals surface area contributed by atoms with E-state index in [1.165, 1.54) is 29.5 Å². The van der Waals surface area contributed by atoms with E-state index in [0.29, 0.717) is 0 Å². The van der Waals surface area contributed by atoms with Gasteiger partial charge in [-0.25, -0.2) is 4.98 Å². The number of hydrogen-bond donors (Lipinski definition) is 2. The summed E-state index contributed by atoms with van der Waals surface area (Å²) in [6.07, 6.45) is 11.4. The molecule has 3 aromatic rings. The van der Waals surface area contributed by atoms with E-state index in [2.05, 4.69) is 73.7 Å². The Morgan fingerprint density at radius 3 is 2.61 bits per heavy atom. The third-order valence-electron chi connectivity index (χ3n) is 6.65. The number of halogens is 1. The molecule has 1 unspecified atom stereocenters. The Kier molecular flexibility index (Phi) is 7.57. The minimum absolute atomic E-state index is 0. The highest BCUT2D eigenvalue weighted by Gasteiger charge is 2.43. The van der Waals surface area contributed by atoms with Gasteiger partial charge in [0.15, 0.2) is 5.96 Å². The van der Waals surface area contributed by atoms with Gasteiger partial charge in [0.25, 0.3) is 0 Å². The summed E-state index contributed by atoms with van der Waals surface area (Å²) in [5.74, 6) is 1.84. The van der Waals surface area contributed by atoms with E-state index < -0.39 is 0 Å². The molecule has 1 atom stereocenters. The van der Waals surface area contributed by atoms with Gasteiger partial charge in [0.2, 0.25) is 0 Å². The van der Waals surface area contributed by atoms with Crippen molar-refractivity contribution < 1.29 is 4.74 Å². The zero-order valence-corrected chi connectivity index (χ0v) is 21.4. The molecule has 1 saturated carbocycles. The lowest BCUT2D eigenvalue weighted by Gasteiger charge is -2.40. The van der Waals surface area contributed by atoms with Crippen LogP contribution in [0.25, 0.3) is 0 Å². The SMILES string of the molecule is CN=C(NCc1ccc(Cn2ccnc2)cc1)NC1CC2(CCCC2)Oc2ccccc21.I. The van der Waals surface area contributed by atoms with Crippen molar-refractivity contribution in [2.45, 2.75) is 56.8 Å². The second-order valence-corrected chi connectivity index (χ2v) is 8.91. The molecular weight excluding hydrogens is 525 g/mol. The molecule has 1 spiro atoms. The monoisotopic (exact) mass is 557 g/mol. The molecule has 0 amide bonds. The molecule has 2 heterocycles. The van der Waals surface area contributed by atoms with Crippen molar-refractivity contribution in [1.29, 1.82) is 0 Å². The molecule has 2 aromatic carbocycles. The molecule has 5 rings (SSSR count). The van der Waals surface area contributed by atoms with Crippen molar-refractivity contribution in [2.24, 2.45) is 4.99 Å². The fourth-order valence-electron chi connectivity index (χ4n) is 4.97. The number of rotatable bonds is 5. The average molecular weight is 557 g/mol. The number of nitrogens with zero attached hydrogens (tertiary/aromatic N) is 3. The number of fused-ring (bicyclic) bond motifs is 1. The van der Waals surface area contributed by atoms with Crippen molar-refractivity contribution in [3.05, 3.63) is 83.9 Å². The summed E-state index contributed by atoms with van der Waals surface area (Å²) in [5.41, 5.74) is 3.67. The standard InChI is InChI=1S/C26H31N5O.HI/c1-27-25(29-17-20-8-10-21(11-9-20)18-31-15-14-28-19-31)30-23-16-26(12-4-5-13-26)32-24-7-3-2-6-22(23)24;/h2-3,6-11,14-15,19,23H,4-5,12-13,16-18H2,1H3,(H2,27,29,30);1H. The second-order valence-electron chi connectivity index (χ2n) is 8.91. The molecule has 2 aliphatic rings. The lowest BCUT2D eigenvalue weighted by Crippen LogP contribution is -2.46. The van der Waals surface area contributed by atoms with Crippen LogP contribution >= 0.6 is 24.0 Å². The van der Waals surface area contributed by atoms with Crippen LogP contribution in [0, 0.1) is 0 Å². The highest BCUT2D eigenvalue weighted by molar-refractivity contribution is 14.0. The highest BCUT2D eigenvalue weighted by Crippen LogP contribution is 2.46. The largest absolute Gasteiger partial charge is 0.487 e. The first kappa shape index (κ1) is 23.6. The molecule has 0 saturated heterocycles. The van der Waals surface area contributed by atoms with E-state index in [9.17, 15) is 0 Å². The second kappa shape index (κ2) is 10.6. The van der Waals surface area contributed by atoms with Gasteiger partial charge in [0, 0.05) is 44.5 Å². The molecule has 6 nitrogen and oxygen atoms in total. The van der Waals surface area contributed by atoms with Crippen LogP contribution in [0.4, 0.5) is 0 Å². The number of para-hydroxylation sites is 1. The van der Waals surface area contributed by atoms with Crippen LogP contribution in [0.5, 0.6) is 5.75 Å². The molecule has 1 fully saturated rings. The Balaban J connectivity index is 0.00000259. The molecular formula is C26H32IN5O. The van der Waals surface area contributed by atoms with Crippen LogP contribution in [0.1, 0.15) is 54.8 Å². The van der Waals surface area contributed by atoms with Crippen LogP contribution in [0.15, 0.2) is 72.2 Å². The van der Waals surface area contributed by atoms with E-state index >= 15 is 0 Å². The predicted octanol–water partition coefficient (Wildman–Crippen LogP) is 5.05. The van der Waals surface area contributed by atoms with E-state index in [1.54, 1.807) is 0 Å². The van der Waals surface area contributed by atoms with Crippen LogP contribution in [0.2, 0.25) is 0 Å². The summed E-state index contributed by atoms with van der Waals surface area (Å²) >= 11 is 0. The molecule has 33 heavy (non-hydrogen) atoms. The average Bonchev–Trinajstić information content (AvgIpc) is 3.50. The van der Waals surface area contributed by atoms with Crippen LogP contribution in [-0.2, 0) is 13.1 Å². The quantitative estimate of drug-likeness (QED) is 0.262. The van der Waals surface area contributed by atoms with Crippen molar-refractivity contribution in [3.63, 3.8) is 0 Å². The molecule has 2 N–H and O–H groups in total. The Morgan fingerprint density at radius 1 is 1.12 bits per heavy atom. The van der Waals surface area contributed by atoms with Crippen molar-refractivity contribution in [3.8, 4) is 5.75 Å². The van der Waals surface area contributed by atoms with Gasteiger partial charge >= 0.3 is 0 Å². The highest BCUT2D eigenvalue weighted by atomic mass is 127. The summed E-state index contributed by atoms with van der Waals surface area (Å²) in [6.45, 7) is 1.56. The number of aliphatic imine (C=N–C) groups is 1. The number of hydrogen-bond acceptors (Lipinski definition) is 3. The zero-order valence-electron chi connectivity index (χ0n) is 19.0. The third kappa shape index (κ3) is 5.51. The lowest BCUT2D eigenvalue weighted by atomic mass is 9.86. The van der Waals surface area contributed by atoms with Gasteiger partial charge < -0.3 is 19.9 Å². The van der Waals surface area contributed by atoms with Gasteiger partial charge in [-0.15, -0.1) is 24.0 Å². The van der Waals surface area contributed by atoms with E-state index in [-0.39, 0.29) is 35.6 Å². The number of aromatic nitrogens is 2. The number of ether oxygens (including phenoxy) is 1. The summed E-state index contributed by atoms with van der Waals surface area (Å²) in [7, 11) is 1.83. The third-order valence-corrected chi connectivity index (χ3v) is 6.65. The number of benzene rings is 2. The van der Waals surface area contributed by atoms with Gasteiger partial charge in [0.1, 0.15) is 11.4 Å². The molecule has 174 valence electrons. The number of guanidine groups is 1. The first-order valence-electron chi connectivity index (χ1n) is 11.5. The molecule has 7 heteroatoms. The van der Waals surface area contributed by atoms with Gasteiger partial charge in [-0.2, -0.15) is 0 Å². The normalized spacial score (nSPS) is 18.8. The Morgan fingerprint density at radius 2 is 1.88 bits per heavy atom. The Bertz CT molecular complexity index is 1060. The molecule has 0 radical (unpaired) electrons. The summed E-state index contributed by atoms with van der Waals surface area (Å²) in [4.78, 5) is 8.60. The van der Waals surface area contributed by atoms with E-state index in [0.717, 1.165) is 44.1 Å². The Labute approximate surface area is 212 Å². The number of imidazole rings is 1. The van der Waals surface area contributed by atoms with E-state index in [1.807, 2.05) is 25.8 Å². The van der Waals surface area contributed by atoms with Crippen LogP contribution in [-0.4, -0.2) is 28.2 Å². The Hall–Kier alpha value is -2.55. The van der Waals surface area contributed by atoms with Crippen molar-refractivity contribution in [2.75, 3.05) is 7.05 Å². The van der Waals surface area contributed by atoms with Crippen molar-refractivity contribution in [1.82, 2.24) is 20.2 Å².